The van der Waals surface area contributed by atoms with E-state index in [4.69, 9.17) is 9.97 Å². The molecular formula is C23H32N6S. The van der Waals surface area contributed by atoms with Crippen molar-refractivity contribution < 1.29 is 0 Å². The van der Waals surface area contributed by atoms with Crippen molar-refractivity contribution >= 4 is 27.4 Å². The van der Waals surface area contributed by atoms with Crippen LogP contribution in [0.2, 0.25) is 0 Å². The molecule has 1 unspecified atom stereocenters. The molecule has 1 fully saturated rings. The normalized spacial score (nSPS) is 17.0. The molecule has 1 atom stereocenters. The minimum Gasteiger partial charge on any atom is -0.368 e. The maximum atomic E-state index is 4.94. The van der Waals surface area contributed by atoms with Crippen LogP contribution in [0.1, 0.15) is 12.7 Å². The summed E-state index contributed by atoms with van der Waals surface area (Å²) in [5.41, 5.74) is 2.42. The Morgan fingerprint density at radius 1 is 1.10 bits per heavy atom. The summed E-state index contributed by atoms with van der Waals surface area (Å²) < 4.78 is 0. The number of anilines is 1. The molecule has 0 saturated carbocycles. The number of likely N-dealkylation sites (N-methyl/N-ethyl adjacent to an activating group) is 1. The zero-order valence-electron chi connectivity index (χ0n) is 18.4. The molecule has 0 bridgehead atoms. The molecule has 0 amide bonds. The third kappa shape index (κ3) is 4.81. The minimum absolute atomic E-state index is 0.458. The van der Waals surface area contributed by atoms with Gasteiger partial charge in [-0.25, -0.2) is 9.97 Å². The largest absolute Gasteiger partial charge is 0.368 e. The zero-order chi connectivity index (χ0) is 21.1. The fourth-order valence-electron chi connectivity index (χ4n) is 3.93. The summed E-state index contributed by atoms with van der Waals surface area (Å²) in [6.07, 6.45) is 0. The monoisotopic (exact) mass is 424 g/mol. The van der Waals surface area contributed by atoms with Gasteiger partial charge in [0.2, 0.25) is 0 Å². The highest BCUT2D eigenvalue weighted by molar-refractivity contribution is 7.17. The zero-order valence-corrected chi connectivity index (χ0v) is 19.2. The van der Waals surface area contributed by atoms with E-state index >= 15 is 0 Å². The van der Waals surface area contributed by atoms with Crippen molar-refractivity contribution in [3.8, 4) is 11.1 Å². The van der Waals surface area contributed by atoms with E-state index in [0.717, 1.165) is 61.1 Å². The van der Waals surface area contributed by atoms with Gasteiger partial charge in [0.25, 0.3) is 0 Å². The van der Waals surface area contributed by atoms with E-state index in [1.807, 2.05) is 0 Å². The Bertz CT molecular complexity index is 962. The molecule has 1 aromatic carbocycles. The highest BCUT2D eigenvalue weighted by atomic mass is 32.1. The van der Waals surface area contributed by atoms with Gasteiger partial charge >= 0.3 is 0 Å². The van der Waals surface area contributed by atoms with Gasteiger partial charge in [0, 0.05) is 49.7 Å². The number of hydrogen-bond donors (Lipinski definition) is 1. The summed E-state index contributed by atoms with van der Waals surface area (Å²) in [7, 11) is 6.31. The molecule has 2 aromatic heterocycles. The van der Waals surface area contributed by atoms with E-state index < -0.39 is 0 Å². The Hall–Kier alpha value is -2.06. The molecule has 30 heavy (non-hydrogen) atoms. The van der Waals surface area contributed by atoms with E-state index in [9.17, 15) is 0 Å². The number of thiophene rings is 1. The number of hydrogen-bond acceptors (Lipinski definition) is 7. The van der Waals surface area contributed by atoms with Crippen LogP contribution in [0.5, 0.6) is 0 Å². The van der Waals surface area contributed by atoms with Crippen LogP contribution in [-0.2, 0) is 6.54 Å². The van der Waals surface area contributed by atoms with Crippen molar-refractivity contribution in [2.45, 2.75) is 19.5 Å². The number of fused-ring (bicyclic) bond motifs is 1. The van der Waals surface area contributed by atoms with Gasteiger partial charge in [-0.05, 0) is 33.6 Å². The van der Waals surface area contributed by atoms with Crippen molar-refractivity contribution in [1.82, 2.24) is 24.7 Å². The fraction of sp³-hybridized carbons (Fsp3) is 0.478. The average molecular weight is 425 g/mol. The number of rotatable bonds is 7. The first-order chi connectivity index (χ1) is 14.5. The van der Waals surface area contributed by atoms with Crippen molar-refractivity contribution in [3.63, 3.8) is 0 Å². The quantitative estimate of drug-likeness (QED) is 0.627. The average Bonchev–Trinajstić information content (AvgIpc) is 3.16. The molecule has 3 aromatic rings. The van der Waals surface area contributed by atoms with E-state index in [-0.39, 0.29) is 0 Å². The molecule has 160 valence electrons. The summed E-state index contributed by atoms with van der Waals surface area (Å²) >= 11 is 1.70. The molecule has 0 aliphatic carbocycles. The lowest BCUT2D eigenvalue weighted by Crippen LogP contribution is -2.49. The smallest absolute Gasteiger partial charge is 0.146 e. The molecule has 1 saturated heterocycles. The van der Waals surface area contributed by atoms with Crippen molar-refractivity contribution in [2.24, 2.45) is 0 Å². The van der Waals surface area contributed by atoms with Gasteiger partial charge in [0.05, 0.1) is 11.9 Å². The van der Waals surface area contributed by atoms with Gasteiger partial charge in [0.1, 0.15) is 16.5 Å². The van der Waals surface area contributed by atoms with Crippen molar-refractivity contribution in [3.05, 3.63) is 41.5 Å². The predicted octanol–water partition coefficient (Wildman–Crippen LogP) is 3.47. The first-order valence-corrected chi connectivity index (χ1v) is 11.5. The summed E-state index contributed by atoms with van der Waals surface area (Å²) in [6, 6.07) is 11.0. The Balaban J connectivity index is 1.62. The standard InChI is InChI=1S/C23H32N6S/c1-17(29-12-10-28(4)11-13-29)14-24-22-21-19(18-8-6-5-7-9-18)16-30-23(21)26-20(25-22)15-27(2)3/h5-9,16-17H,10-15H2,1-4H3,(H,24,25,26). The first-order valence-electron chi connectivity index (χ1n) is 10.7. The second-order valence-electron chi connectivity index (χ2n) is 8.49. The van der Waals surface area contributed by atoms with E-state index in [1.165, 1.54) is 11.1 Å². The highest BCUT2D eigenvalue weighted by Crippen LogP contribution is 2.37. The van der Waals surface area contributed by atoms with Crippen LogP contribution in [0.4, 0.5) is 5.82 Å². The van der Waals surface area contributed by atoms with Crippen molar-refractivity contribution in [1.29, 1.82) is 0 Å². The summed E-state index contributed by atoms with van der Waals surface area (Å²) in [4.78, 5) is 17.9. The molecule has 7 heteroatoms. The second kappa shape index (κ2) is 9.39. The van der Waals surface area contributed by atoms with Crippen molar-refractivity contribution in [2.75, 3.05) is 59.2 Å². The summed E-state index contributed by atoms with van der Waals surface area (Å²) in [5.74, 6) is 1.82. The SMILES string of the molecule is CC(CNc1nc(CN(C)C)nc2scc(-c3ccccc3)c12)N1CCN(C)CC1. The van der Waals surface area contributed by atoms with E-state index in [0.29, 0.717) is 6.04 Å². The summed E-state index contributed by atoms with van der Waals surface area (Å²) in [5, 5.41) is 7.04. The van der Waals surface area contributed by atoms with Crippen LogP contribution in [0.25, 0.3) is 21.3 Å². The van der Waals surface area contributed by atoms with Gasteiger partial charge in [-0.2, -0.15) is 0 Å². The maximum absolute atomic E-state index is 4.94. The molecule has 1 aliphatic heterocycles. The van der Waals surface area contributed by atoms with E-state index in [1.54, 1.807) is 11.3 Å². The highest BCUT2D eigenvalue weighted by Gasteiger charge is 2.20. The van der Waals surface area contributed by atoms with Gasteiger partial charge < -0.3 is 15.1 Å². The first kappa shape index (κ1) is 21.2. The molecular weight excluding hydrogens is 392 g/mol. The lowest BCUT2D eigenvalue weighted by Gasteiger charge is -2.36. The Morgan fingerprint density at radius 3 is 2.53 bits per heavy atom. The Morgan fingerprint density at radius 2 is 1.83 bits per heavy atom. The second-order valence-corrected chi connectivity index (χ2v) is 9.35. The summed E-state index contributed by atoms with van der Waals surface area (Å²) in [6.45, 7) is 8.44. The van der Waals surface area contributed by atoms with Gasteiger partial charge in [0.15, 0.2) is 0 Å². The van der Waals surface area contributed by atoms with Gasteiger partial charge in [-0.3, -0.25) is 4.90 Å². The lowest BCUT2D eigenvalue weighted by atomic mass is 10.1. The fourth-order valence-corrected chi connectivity index (χ4v) is 4.90. The third-order valence-electron chi connectivity index (χ3n) is 5.75. The number of aromatic nitrogens is 2. The molecule has 3 heterocycles. The van der Waals surface area contributed by atoms with Crippen LogP contribution < -0.4 is 5.32 Å². The number of piperazine rings is 1. The third-order valence-corrected chi connectivity index (χ3v) is 6.62. The van der Waals surface area contributed by atoms with Gasteiger partial charge in [-0.15, -0.1) is 11.3 Å². The van der Waals surface area contributed by atoms with Gasteiger partial charge in [-0.1, -0.05) is 30.3 Å². The molecule has 6 nitrogen and oxygen atoms in total. The topological polar surface area (TPSA) is 47.5 Å². The lowest BCUT2D eigenvalue weighted by molar-refractivity contribution is 0.123. The molecule has 4 rings (SSSR count). The predicted molar refractivity (Wildman–Crippen MR) is 127 cm³/mol. The van der Waals surface area contributed by atoms with Crippen LogP contribution in [0, 0.1) is 0 Å². The number of nitrogens with one attached hydrogen (secondary N) is 1. The van der Waals surface area contributed by atoms with Crippen LogP contribution in [0.3, 0.4) is 0 Å². The van der Waals surface area contributed by atoms with Crippen LogP contribution >= 0.6 is 11.3 Å². The Labute approximate surface area is 183 Å². The molecule has 1 aliphatic rings. The number of nitrogens with zero attached hydrogens (tertiary/aromatic N) is 5. The Kier molecular flexibility index (Phi) is 6.63. The molecule has 0 radical (unpaired) electrons. The molecule has 1 N–H and O–H groups in total. The number of benzene rings is 1. The molecule has 0 spiro atoms. The minimum atomic E-state index is 0.458. The van der Waals surface area contributed by atoms with Crippen LogP contribution in [0.15, 0.2) is 35.7 Å². The maximum Gasteiger partial charge on any atom is 0.146 e. The van der Waals surface area contributed by atoms with E-state index in [2.05, 4.69) is 83.8 Å². The van der Waals surface area contributed by atoms with Crippen LogP contribution in [-0.4, -0.2) is 84.6 Å².